The van der Waals surface area contributed by atoms with Gasteiger partial charge in [0.05, 0.1) is 0 Å². The summed E-state index contributed by atoms with van der Waals surface area (Å²) in [6.45, 7) is 0. The van der Waals surface area contributed by atoms with Crippen molar-refractivity contribution < 1.29 is 53.4 Å². The van der Waals surface area contributed by atoms with Crippen molar-refractivity contribution in [1.82, 2.24) is 0 Å². The lowest BCUT2D eigenvalue weighted by Gasteiger charge is -2.29. The lowest BCUT2D eigenvalue weighted by atomic mass is 10.2. The van der Waals surface area contributed by atoms with Crippen molar-refractivity contribution in [2.24, 2.45) is 0 Å². The van der Waals surface area contributed by atoms with E-state index in [-0.39, 0.29) is 12.1 Å². The fraction of sp³-hybridized carbons (Fsp3) is 0.364. The maximum Gasteiger partial charge on any atom is 0.527 e. The van der Waals surface area contributed by atoms with Crippen LogP contribution in [0.2, 0.25) is 0 Å². The van der Waals surface area contributed by atoms with Crippen LogP contribution >= 0.6 is 0 Å². The molecule has 0 aliphatic carbocycles. The molecule has 0 saturated carbocycles. The van der Waals surface area contributed by atoms with Gasteiger partial charge in [0.25, 0.3) is 0 Å². The number of nitrogens with zero attached hydrogens (tertiary/aromatic N) is 1. The third-order valence-electron chi connectivity index (χ3n) is 2.54. The van der Waals surface area contributed by atoms with E-state index in [0.717, 1.165) is 0 Å². The number of halogens is 10. The minimum Gasteiger partial charge on any atom is -0.310 e. The molecule has 1 aromatic carbocycles. The smallest absolute Gasteiger partial charge is 0.310 e. The highest BCUT2D eigenvalue weighted by molar-refractivity contribution is 5.98. The predicted octanol–water partition coefficient (Wildman–Crippen LogP) is 3.83. The number of alkyl halides is 7. The fourth-order valence-electron chi connectivity index (χ4n) is 1.40. The van der Waals surface area contributed by atoms with Crippen molar-refractivity contribution >= 4 is 11.6 Å². The molecule has 0 aliphatic heterocycles. The predicted molar refractivity (Wildman–Crippen MR) is 56.8 cm³/mol. The molecule has 0 N–H and O–H groups in total. The summed E-state index contributed by atoms with van der Waals surface area (Å²) in [4.78, 5) is 10.8. The van der Waals surface area contributed by atoms with Gasteiger partial charge >= 0.3 is 24.3 Å². The van der Waals surface area contributed by atoms with Crippen LogP contribution in [0.5, 0.6) is 0 Å². The molecule has 0 aliphatic rings. The number of anilines is 1. The topological polar surface area (TPSA) is 29.5 Å². The van der Waals surface area contributed by atoms with Crippen LogP contribution in [0.25, 0.3) is 0 Å². The first-order valence-electron chi connectivity index (χ1n) is 5.55. The molecule has 24 heavy (non-hydrogen) atoms. The van der Waals surface area contributed by atoms with E-state index >= 15 is 0 Å². The Hall–Kier alpha value is -2.05. The number of amides is 1. The molecule has 0 bridgehead atoms. The second-order valence-electron chi connectivity index (χ2n) is 4.23. The van der Waals surface area contributed by atoms with Crippen LogP contribution < -0.4 is 4.90 Å². The zero-order chi connectivity index (χ0) is 19.1. The molecule has 0 spiro atoms. The largest absolute Gasteiger partial charge is 0.527 e. The summed E-state index contributed by atoms with van der Waals surface area (Å²) in [6.07, 6.45) is -12.5. The third kappa shape index (κ3) is 3.88. The second kappa shape index (κ2) is 6.11. The second-order valence-corrected chi connectivity index (χ2v) is 4.23. The Morgan fingerprint density at radius 3 is 1.75 bits per heavy atom. The minimum atomic E-state index is -6.31. The standard InChI is InChI=1S/C11H5F10NO2/c1-22(4-2-5(12)7(14)6(13)3-4)8(23)9(15,16)10(17,18)24-11(19,20)21/h2-3H,1H3. The van der Waals surface area contributed by atoms with Gasteiger partial charge in [-0.25, -0.2) is 17.9 Å². The first-order chi connectivity index (χ1) is 10.6. The molecular formula is C11H5F10NO2. The van der Waals surface area contributed by atoms with Crippen molar-refractivity contribution in [3.8, 4) is 0 Å². The first-order valence-corrected chi connectivity index (χ1v) is 5.55. The average Bonchev–Trinajstić information content (AvgIpc) is 2.39. The Kier molecular flexibility index (Phi) is 5.09. The molecule has 1 rings (SSSR count). The Balaban J connectivity index is 3.19. The molecule has 136 valence electrons. The number of benzene rings is 1. The quantitative estimate of drug-likeness (QED) is 0.593. The third-order valence-corrected chi connectivity index (χ3v) is 2.54. The van der Waals surface area contributed by atoms with Gasteiger partial charge < -0.3 is 4.90 Å². The minimum absolute atomic E-state index is 0.00481. The summed E-state index contributed by atoms with van der Waals surface area (Å²) >= 11 is 0. The molecule has 1 aromatic rings. The van der Waals surface area contributed by atoms with E-state index in [1.54, 1.807) is 0 Å². The summed E-state index contributed by atoms with van der Waals surface area (Å²) in [5.74, 6) is -15.0. The van der Waals surface area contributed by atoms with Crippen molar-refractivity contribution in [2.45, 2.75) is 18.4 Å². The van der Waals surface area contributed by atoms with E-state index in [1.165, 1.54) is 0 Å². The molecule has 0 saturated heterocycles. The normalized spacial score (nSPS) is 13.1. The van der Waals surface area contributed by atoms with Crippen LogP contribution in [0.3, 0.4) is 0 Å². The van der Waals surface area contributed by atoms with E-state index in [9.17, 15) is 48.7 Å². The molecular weight excluding hydrogens is 368 g/mol. The average molecular weight is 373 g/mol. The van der Waals surface area contributed by atoms with Crippen molar-refractivity contribution in [3.63, 3.8) is 0 Å². The van der Waals surface area contributed by atoms with Gasteiger partial charge in [0.1, 0.15) is 0 Å². The number of hydrogen-bond acceptors (Lipinski definition) is 2. The Bertz CT molecular complexity index is 619. The SMILES string of the molecule is CN(C(=O)C(F)(F)C(F)(F)OC(F)(F)F)c1cc(F)c(F)c(F)c1. The highest BCUT2D eigenvalue weighted by Crippen LogP contribution is 2.41. The molecule has 13 heteroatoms. The van der Waals surface area contributed by atoms with Crippen molar-refractivity contribution in [3.05, 3.63) is 29.6 Å². The lowest BCUT2D eigenvalue weighted by Crippen LogP contribution is -2.56. The van der Waals surface area contributed by atoms with Gasteiger partial charge in [0, 0.05) is 24.9 Å². The van der Waals surface area contributed by atoms with Gasteiger partial charge in [-0.15, -0.1) is 13.2 Å². The molecule has 1 amide bonds. The van der Waals surface area contributed by atoms with E-state index in [2.05, 4.69) is 0 Å². The van der Waals surface area contributed by atoms with Crippen LogP contribution in [0, 0.1) is 17.5 Å². The number of hydrogen-bond donors (Lipinski definition) is 0. The number of carbonyl (C=O) groups excluding carboxylic acids is 1. The Morgan fingerprint density at radius 2 is 1.38 bits per heavy atom. The molecule has 0 radical (unpaired) electrons. The van der Waals surface area contributed by atoms with Crippen LogP contribution in [0.1, 0.15) is 0 Å². The van der Waals surface area contributed by atoms with E-state index < -0.39 is 52.3 Å². The summed E-state index contributed by atoms with van der Waals surface area (Å²) < 4.78 is 128. The molecule has 0 unspecified atom stereocenters. The van der Waals surface area contributed by atoms with Gasteiger partial charge in [0.2, 0.25) is 0 Å². The van der Waals surface area contributed by atoms with Gasteiger partial charge in [-0.2, -0.15) is 17.6 Å². The zero-order valence-electron chi connectivity index (χ0n) is 11.2. The molecule has 3 nitrogen and oxygen atoms in total. The summed E-state index contributed by atoms with van der Waals surface area (Å²) in [5, 5.41) is 0. The van der Waals surface area contributed by atoms with Crippen molar-refractivity contribution in [1.29, 1.82) is 0 Å². The van der Waals surface area contributed by atoms with E-state index in [4.69, 9.17) is 0 Å². The number of rotatable bonds is 4. The monoisotopic (exact) mass is 373 g/mol. The van der Waals surface area contributed by atoms with Gasteiger partial charge in [-0.05, 0) is 0 Å². The fourth-order valence-corrected chi connectivity index (χ4v) is 1.40. The van der Waals surface area contributed by atoms with E-state index in [0.29, 0.717) is 7.05 Å². The van der Waals surface area contributed by atoms with Gasteiger partial charge in [-0.3, -0.25) is 4.79 Å². The maximum atomic E-state index is 13.3. The Labute approximate surface area is 126 Å². The molecule has 0 aromatic heterocycles. The molecule has 0 atom stereocenters. The van der Waals surface area contributed by atoms with Gasteiger partial charge in [0.15, 0.2) is 17.5 Å². The summed E-state index contributed by atoms with van der Waals surface area (Å²) in [6, 6.07) is -0.00962. The lowest BCUT2D eigenvalue weighted by molar-refractivity contribution is -0.457. The number of ether oxygens (including phenoxy) is 1. The van der Waals surface area contributed by atoms with Gasteiger partial charge in [-0.1, -0.05) is 0 Å². The Morgan fingerprint density at radius 1 is 0.958 bits per heavy atom. The first kappa shape index (κ1) is 20.0. The summed E-state index contributed by atoms with van der Waals surface area (Å²) in [5.41, 5.74) is -1.15. The highest BCUT2D eigenvalue weighted by atomic mass is 19.4. The van der Waals surface area contributed by atoms with Crippen LogP contribution in [0.4, 0.5) is 49.6 Å². The zero-order valence-corrected chi connectivity index (χ0v) is 11.2. The van der Waals surface area contributed by atoms with Crippen LogP contribution in [0.15, 0.2) is 12.1 Å². The molecule has 0 fully saturated rings. The van der Waals surface area contributed by atoms with Crippen LogP contribution in [-0.4, -0.2) is 31.3 Å². The molecule has 0 heterocycles. The maximum absolute atomic E-state index is 13.3. The van der Waals surface area contributed by atoms with Crippen LogP contribution in [-0.2, 0) is 9.53 Å². The highest BCUT2D eigenvalue weighted by Gasteiger charge is 2.68. The van der Waals surface area contributed by atoms with Crippen molar-refractivity contribution in [2.75, 3.05) is 11.9 Å². The number of carbonyl (C=O) groups is 1. The van der Waals surface area contributed by atoms with E-state index in [1.807, 2.05) is 4.74 Å². The summed E-state index contributed by atoms with van der Waals surface area (Å²) in [7, 11) is 0.298.